The monoisotopic (exact) mass is 340 g/mol. The summed E-state index contributed by atoms with van der Waals surface area (Å²) >= 11 is 0. The molecule has 25 heavy (non-hydrogen) atoms. The summed E-state index contributed by atoms with van der Waals surface area (Å²) in [5, 5.41) is 8.51. The summed E-state index contributed by atoms with van der Waals surface area (Å²) in [6.07, 6.45) is 4.18. The third-order valence-corrected chi connectivity index (χ3v) is 3.71. The zero-order valence-corrected chi connectivity index (χ0v) is 14.4. The lowest BCUT2D eigenvalue weighted by atomic mass is 10.1. The highest BCUT2D eigenvalue weighted by molar-refractivity contribution is 6.39. The Labute approximate surface area is 148 Å². The zero-order chi connectivity index (χ0) is 17.9. The SMILES string of the molecule is CCc1ccccc1NC(=O)C(=O)NCCCCNc1ccccn1. The number of hydrogen-bond donors (Lipinski definition) is 3. The van der Waals surface area contributed by atoms with Gasteiger partial charge in [-0.3, -0.25) is 9.59 Å². The van der Waals surface area contributed by atoms with Gasteiger partial charge in [-0.25, -0.2) is 4.98 Å². The number of anilines is 2. The van der Waals surface area contributed by atoms with E-state index in [-0.39, 0.29) is 0 Å². The van der Waals surface area contributed by atoms with Crippen LogP contribution in [0.5, 0.6) is 0 Å². The molecular formula is C19H24N4O2. The van der Waals surface area contributed by atoms with E-state index in [0.717, 1.165) is 37.2 Å². The Balaban J connectivity index is 1.63. The lowest BCUT2D eigenvalue weighted by Crippen LogP contribution is -2.36. The van der Waals surface area contributed by atoms with E-state index >= 15 is 0 Å². The number of nitrogens with one attached hydrogen (secondary N) is 3. The second kappa shape index (κ2) is 10.1. The third-order valence-electron chi connectivity index (χ3n) is 3.71. The molecule has 0 saturated heterocycles. The zero-order valence-electron chi connectivity index (χ0n) is 14.4. The van der Waals surface area contributed by atoms with E-state index in [1.807, 2.05) is 43.3 Å². The first kappa shape index (κ1) is 18.4. The molecule has 0 radical (unpaired) electrons. The maximum absolute atomic E-state index is 11.9. The number of rotatable bonds is 8. The number of benzene rings is 1. The Morgan fingerprint density at radius 3 is 2.48 bits per heavy atom. The summed E-state index contributed by atoms with van der Waals surface area (Å²) in [4.78, 5) is 28.0. The minimum atomic E-state index is -0.632. The highest BCUT2D eigenvalue weighted by atomic mass is 16.2. The summed E-state index contributed by atoms with van der Waals surface area (Å²) in [6, 6.07) is 13.2. The van der Waals surface area contributed by atoms with Crippen LogP contribution in [0.25, 0.3) is 0 Å². The fourth-order valence-corrected chi connectivity index (χ4v) is 2.35. The van der Waals surface area contributed by atoms with Gasteiger partial charge in [0.2, 0.25) is 0 Å². The molecule has 1 aromatic heterocycles. The molecule has 1 heterocycles. The Morgan fingerprint density at radius 1 is 0.960 bits per heavy atom. The molecular weight excluding hydrogens is 316 g/mol. The van der Waals surface area contributed by atoms with Gasteiger partial charge >= 0.3 is 11.8 Å². The molecule has 0 unspecified atom stereocenters. The van der Waals surface area contributed by atoms with E-state index in [0.29, 0.717) is 12.2 Å². The van der Waals surface area contributed by atoms with Crippen molar-refractivity contribution >= 4 is 23.3 Å². The highest BCUT2D eigenvalue weighted by Crippen LogP contribution is 2.15. The van der Waals surface area contributed by atoms with Crippen LogP contribution in [-0.2, 0) is 16.0 Å². The van der Waals surface area contributed by atoms with Gasteiger partial charge in [-0.2, -0.15) is 0 Å². The molecule has 0 bridgehead atoms. The van der Waals surface area contributed by atoms with Crippen LogP contribution in [0, 0.1) is 0 Å². The van der Waals surface area contributed by atoms with E-state index in [9.17, 15) is 9.59 Å². The largest absolute Gasteiger partial charge is 0.370 e. The first-order chi connectivity index (χ1) is 12.2. The number of pyridine rings is 1. The molecule has 0 atom stereocenters. The van der Waals surface area contributed by atoms with Gasteiger partial charge in [0.25, 0.3) is 0 Å². The van der Waals surface area contributed by atoms with E-state index in [1.165, 1.54) is 0 Å². The number of amides is 2. The molecule has 0 spiro atoms. The molecule has 1 aromatic carbocycles. The van der Waals surface area contributed by atoms with Gasteiger partial charge in [-0.15, -0.1) is 0 Å². The van der Waals surface area contributed by atoms with Gasteiger partial charge in [0.05, 0.1) is 0 Å². The number of unbranched alkanes of at least 4 members (excludes halogenated alkanes) is 1. The van der Waals surface area contributed by atoms with Crippen LogP contribution in [-0.4, -0.2) is 29.9 Å². The molecule has 0 fully saturated rings. The molecule has 132 valence electrons. The van der Waals surface area contributed by atoms with E-state index in [2.05, 4.69) is 20.9 Å². The third kappa shape index (κ3) is 6.25. The maximum Gasteiger partial charge on any atom is 0.313 e. The summed E-state index contributed by atoms with van der Waals surface area (Å²) < 4.78 is 0. The second-order valence-corrected chi connectivity index (χ2v) is 5.57. The van der Waals surface area contributed by atoms with Crippen LogP contribution in [0.1, 0.15) is 25.3 Å². The summed E-state index contributed by atoms with van der Waals surface area (Å²) in [5.74, 6) is -0.406. The number of aryl methyl sites for hydroxylation is 1. The molecule has 6 nitrogen and oxygen atoms in total. The van der Waals surface area contributed by atoms with Crippen LogP contribution < -0.4 is 16.0 Å². The number of nitrogens with zero attached hydrogens (tertiary/aromatic N) is 1. The fraction of sp³-hybridized carbons (Fsp3) is 0.316. The van der Waals surface area contributed by atoms with Crippen molar-refractivity contribution in [3.63, 3.8) is 0 Å². The Hall–Kier alpha value is -2.89. The fourth-order valence-electron chi connectivity index (χ4n) is 2.35. The van der Waals surface area contributed by atoms with Gasteiger partial charge in [0.1, 0.15) is 5.82 Å². The molecule has 2 amide bonds. The Bertz CT molecular complexity index is 689. The molecule has 6 heteroatoms. The van der Waals surface area contributed by atoms with Gasteiger partial charge in [0, 0.05) is 25.0 Å². The summed E-state index contributed by atoms with van der Waals surface area (Å²) in [7, 11) is 0. The molecule has 0 aliphatic rings. The molecule has 2 rings (SSSR count). The van der Waals surface area contributed by atoms with Gasteiger partial charge in [-0.1, -0.05) is 31.2 Å². The van der Waals surface area contributed by atoms with Crippen molar-refractivity contribution in [3.8, 4) is 0 Å². The molecule has 2 aromatic rings. The second-order valence-electron chi connectivity index (χ2n) is 5.57. The van der Waals surface area contributed by atoms with Crippen LogP contribution >= 0.6 is 0 Å². The standard InChI is InChI=1S/C19H24N4O2/c1-2-15-9-3-4-10-16(15)23-19(25)18(24)22-14-8-7-13-21-17-11-5-6-12-20-17/h3-6,9-12H,2,7-8,13-14H2,1H3,(H,20,21)(H,22,24)(H,23,25). The number of hydrogen-bond acceptors (Lipinski definition) is 4. The average molecular weight is 340 g/mol. The topological polar surface area (TPSA) is 83.1 Å². The molecule has 0 saturated carbocycles. The number of para-hydroxylation sites is 1. The van der Waals surface area contributed by atoms with E-state index < -0.39 is 11.8 Å². The molecule has 0 aliphatic heterocycles. The van der Waals surface area contributed by atoms with Crippen molar-refractivity contribution in [3.05, 3.63) is 54.2 Å². The minimum Gasteiger partial charge on any atom is -0.370 e. The quantitative estimate of drug-likeness (QED) is 0.509. The normalized spacial score (nSPS) is 10.1. The lowest BCUT2D eigenvalue weighted by molar-refractivity contribution is -0.136. The van der Waals surface area contributed by atoms with Crippen molar-refractivity contribution in [2.45, 2.75) is 26.2 Å². The smallest absolute Gasteiger partial charge is 0.313 e. The average Bonchev–Trinajstić information content (AvgIpc) is 2.65. The first-order valence-corrected chi connectivity index (χ1v) is 8.52. The number of aromatic nitrogens is 1. The van der Waals surface area contributed by atoms with Crippen LogP contribution in [0.15, 0.2) is 48.7 Å². The van der Waals surface area contributed by atoms with Crippen molar-refractivity contribution in [1.82, 2.24) is 10.3 Å². The predicted octanol–water partition coefficient (Wildman–Crippen LogP) is 2.59. The predicted molar refractivity (Wildman–Crippen MR) is 99.4 cm³/mol. The van der Waals surface area contributed by atoms with Crippen molar-refractivity contribution < 1.29 is 9.59 Å². The van der Waals surface area contributed by atoms with Crippen LogP contribution in [0.2, 0.25) is 0 Å². The van der Waals surface area contributed by atoms with Crippen molar-refractivity contribution in [1.29, 1.82) is 0 Å². The molecule has 0 aliphatic carbocycles. The highest BCUT2D eigenvalue weighted by Gasteiger charge is 2.14. The Kier molecular flexibility index (Phi) is 7.43. The lowest BCUT2D eigenvalue weighted by Gasteiger charge is -2.10. The van der Waals surface area contributed by atoms with Gasteiger partial charge in [-0.05, 0) is 43.0 Å². The van der Waals surface area contributed by atoms with Gasteiger partial charge < -0.3 is 16.0 Å². The van der Waals surface area contributed by atoms with Gasteiger partial charge in [0.15, 0.2) is 0 Å². The Morgan fingerprint density at radius 2 is 1.72 bits per heavy atom. The van der Waals surface area contributed by atoms with E-state index in [4.69, 9.17) is 0 Å². The number of carbonyl (C=O) groups is 2. The summed E-state index contributed by atoms with van der Waals surface area (Å²) in [5.41, 5.74) is 1.69. The maximum atomic E-state index is 11.9. The number of carbonyl (C=O) groups excluding carboxylic acids is 2. The first-order valence-electron chi connectivity index (χ1n) is 8.52. The van der Waals surface area contributed by atoms with Crippen LogP contribution in [0.4, 0.5) is 11.5 Å². The minimum absolute atomic E-state index is 0.464. The van der Waals surface area contributed by atoms with Crippen molar-refractivity contribution in [2.24, 2.45) is 0 Å². The van der Waals surface area contributed by atoms with Crippen molar-refractivity contribution in [2.75, 3.05) is 23.7 Å². The molecule has 3 N–H and O–H groups in total. The van der Waals surface area contributed by atoms with E-state index in [1.54, 1.807) is 12.3 Å². The summed E-state index contributed by atoms with van der Waals surface area (Å²) in [6.45, 7) is 3.23. The van der Waals surface area contributed by atoms with Crippen LogP contribution in [0.3, 0.4) is 0 Å².